The molecule has 0 aromatic heterocycles. The Hall–Kier alpha value is -2.86. The monoisotopic (exact) mass is 450 g/mol. The number of urea groups is 1. The Morgan fingerprint density at radius 2 is 1.67 bits per heavy atom. The van der Waals surface area contributed by atoms with Crippen molar-refractivity contribution in [2.45, 2.75) is 52.6 Å². The van der Waals surface area contributed by atoms with Gasteiger partial charge in [-0.25, -0.2) is 4.79 Å². The van der Waals surface area contributed by atoms with Gasteiger partial charge >= 0.3 is 6.03 Å². The van der Waals surface area contributed by atoms with Crippen molar-refractivity contribution in [3.05, 3.63) is 70.8 Å². The summed E-state index contributed by atoms with van der Waals surface area (Å²) in [4.78, 5) is 29.0. The zero-order valence-electron chi connectivity index (χ0n) is 20.6. The van der Waals surface area contributed by atoms with E-state index in [4.69, 9.17) is 0 Å². The van der Waals surface area contributed by atoms with Crippen molar-refractivity contribution in [2.75, 3.05) is 32.7 Å². The lowest BCUT2D eigenvalue weighted by Crippen LogP contribution is -2.41. The second-order valence-corrected chi connectivity index (χ2v) is 9.83. The van der Waals surface area contributed by atoms with E-state index in [0.717, 1.165) is 12.0 Å². The number of carbonyl (C=O) groups excluding carboxylic acids is 2. The highest BCUT2D eigenvalue weighted by atomic mass is 16.2. The molecule has 3 amide bonds. The fourth-order valence-electron chi connectivity index (χ4n) is 4.22. The van der Waals surface area contributed by atoms with Gasteiger partial charge in [0, 0.05) is 26.2 Å². The van der Waals surface area contributed by atoms with Crippen molar-refractivity contribution in [2.24, 2.45) is 0 Å². The van der Waals surface area contributed by atoms with E-state index in [9.17, 15) is 9.59 Å². The van der Waals surface area contributed by atoms with Crippen molar-refractivity contribution < 1.29 is 9.59 Å². The second kappa shape index (κ2) is 10.8. The van der Waals surface area contributed by atoms with Gasteiger partial charge in [0.05, 0.1) is 6.54 Å². The van der Waals surface area contributed by atoms with Crippen molar-refractivity contribution in [3.63, 3.8) is 0 Å². The summed E-state index contributed by atoms with van der Waals surface area (Å²) in [7, 11) is 0. The van der Waals surface area contributed by atoms with Crippen LogP contribution in [0.5, 0.6) is 0 Å². The highest BCUT2D eigenvalue weighted by molar-refractivity contribution is 5.81. The fraction of sp³-hybridized carbons (Fsp3) is 0.481. The Kier molecular flexibility index (Phi) is 8.14. The lowest BCUT2D eigenvalue weighted by Gasteiger charge is -2.31. The minimum atomic E-state index is -0.176. The molecule has 0 saturated carbocycles. The van der Waals surface area contributed by atoms with Gasteiger partial charge in [0.2, 0.25) is 5.91 Å². The van der Waals surface area contributed by atoms with Crippen LogP contribution in [0.3, 0.4) is 0 Å². The van der Waals surface area contributed by atoms with E-state index in [1.54, 1.807) is 0 Å². The van der Waals surface area contributed by atoms with Crippen LogP contribution in [-0.2, 0) is 16.6 Å². The molecule has 1 saturated heterocycles. The minimum absolute atomic E-state index is 0.0748. The van der Waals surface area contributed by atoms with E-state index in [0.29, 0.717) is 32.7 Å². The molecule has 1 aliphatic rings. The van der Waals surface area contributed by atoms with Crippen LogP contribution in [-0.4, -0.2) is 54.5 Å². The van der Waals surface area contributed by atoms with E-state index >= 15 is 0 Å². The normalized spacial score (nSPS) is 16.8. The predicted octanol–water partition coefficient (Wildman–Crippen LogP) is 4.00. The lowest BCUT2D eigenvalue weighted by atomic mass is 9.86. The molecule has 2 aromatic carbocycles. The molecule has 2 aromatic rings. The number of aryl methyl sites for hydroxylation is 1. The average Bonchev–Trinajstić information content (AvgIpc) is 3.08. The Bertz CT molecular complexity index is 932. The quantitative estimate of drug-likeness (QED) is 0.639. The maximum Gasteiger partial charge on any atom is 0.314 e. The molecule has 1 heterocycles. The summed E-state index contributed by atoms with van der Waals surface area (Å²) in [6.45, 7) is 13.3. The number of carbonyl (C=O) groups is 2. The van der Waals surface area contributed by atoms with Gasteiger partial charge in [0.15, 0.2) is 0 Å². The third-order valence-electron chi connectivity index (χ3n) is 6.16. The van der Waals surface area contributed by atoms with Gasteiger partial charge in [-0.15, -0.1) is 0 Å². The molecule has 1 unspecified atom stereocenters. The molecule has 1 fully saturated rings. The Balaban J connectivity index is 1.78. The zero-order valence-corrected chi connectivity index (χ0v) is 20.6. The van der Waals surface area contributed by atoms with Crippen LogP contribution in [0.25, 0.3) is 0 Å². The number of benzene rings is 2. The first-order valence-corrected chi connectivity index (χ1v) is 11.9. The summed E-state index contributed by atoms with van der Waals surface area (Å²) < 4.78 is 0. The second-order valence-electron chi connectivity index (χ2n) is 9.83. The predicted molar refractivity (Wildman–Crippen MR) is 133 cm³/mol. The highest BCUT2D eigenvalue weighted by Crippen LogP contribution is 2.32. The number of hydrogen-bond acceptors (Lipinski definition) is 3. The highest BCUT2D eigenvalue weighted by Gasteiger charge is 2.38. The first-order valence-electron chi connectivity index (χ1n) is 11.9. The van der Waals surface area contributed by atoms with Gasteiger partial charge in [0.1, 0.15) is 6.17 Å². The van der Waals surface area contributed by atoms with Crippen LogP contribution in [0.4, 0.5) is 4.79 Å². The lowest BCUT2D eigenvalue weighted by molar-refractivity contribution is -0.128. The summed E-state index contributed by atoms with van der Waals surface area (Å²) in [5.74, 6) is 0.130. The van der Waals surface area contributed by atoms with Gasteiger partial charge in [0.25, 0.3) is 0 Å². The van der Waals surface area contributed by atoms with Crippen LogP contribution in [0, 0.1) is 6.92 Å². The summed E-state index contributed by atoms with van der Waals surface area (Å²) in [6, 6.07) is 17.0. The van der Waals surface area contributed by atoms with Crippen molar-refractivity contribution >= 4 is 11.9 Å². The summed E-state index contributed by atoms with van der Waals surface area (Å²) in [5.41, 5.74) is 4.91. The van der Waals surface area contributed by atoms with Gasteiger partial charge in [-0.3, -0.25) is 9.69 Å². The largest absolute Gasteiger partial charge is 0.338 e. The molecule has 0 spiro atoms. The van der Waals surface area contributed by atoms with Gasteiger partial charge in [-0.2, -0.15) is 0 Å². The molecule has 178 valence electrons. The molecule has 0 radical (unpaired) electrons. The minimum Gasteiger partial charge on any atom is -0.338 e. The maximum atomic E-state index is 13.1. The molecule has 6 nitrogen and oxygen atoms in total. The van der Waals surface area contributed by atoms with Crippen molar-refractivity contribution in [1.29, 1.82) is 0 Å². The molecule has 0 bridgehead atoms. The molecule has 2 N–H and O–H groups in total. The van der Waals surface area contributed by atoms with Gasteiger partial charge in [-0.05, 0) is 42.4 Å². The molecule has 33 heavy (non-hydrogen) atoms. The number of hydrogen-bond donors (Lipinski definition) is 2. The third kappa shape index (κ3) is 6.57. The van der Waals surface area contributed by atoms with E-state index in [1.165, 1.54) is 16.7 Å². The van der Waals surface area contributed by atoms with Crippen molar-refractivity contribution in [1.82, 2.24) is 20.4 Å². The molecule has 6 heteroatoms. The van der Waals surface area contributed by atoms with E-state index in [1.807, 2.05) is 11.8 Å². The number of nitrogens with one attached hydrogen (secondary N) is 2. The molecule has 1 aliphatic heterocycles. The molecule has 0 aliphatic carbocycles. The van der Waals surface area contributed by atoms with Crippen molar-refractivity contribution in [3.8, 4) is 0 Å². The number of nitrogens with zero attached hydrogens (tertiary/aromatic N) is 2. The summed E-state index contributed by atoms with van der Waals surface area (Å²) in [6.07, 6.45) is 0.682. The molecule has 1 atom stereocenters. The summed E-state index contributed by atoms with van der Waals surface area (Å²) >= 11 is 0. The first-order chi connectivity index (χ1) is 15.7. The van der Waals surface area contributed by atoms with Crippen LogP contribution in [0.1, 0.15) is 56.1 Å². The van der Waals surface area contributed by atoms with Gasteiger partial charge in [-0.1, -0.05) is 74.9 Å². The maximum absolute atomic E-state index is 13.1. The SMILES string of the molecule is CCNC(=O)NCCN1CC(=O)N(CCc2ccc(C)cc2)C1c1ccc(C(C)(C)C)cc1. The Morgan fingerprint density at radius 3 is 2.27 bits per heavy atom. The van der Waals surface area contributed by atoms with E-state index < -0.39 is 0 Å². The first kappa shape index (κ1) is 24.8. The molecular formula is C27H38N4O2. The Morgan fingerprint density at radius 1 is 1.00 bits per heavy atom. The zero-order chi connectivity index (χ0) is 24.0. The molecular weight excluding hydrogens is 412 g/mol. The topological polar surface area (TPSA) is 64.7 Å². The van der Waals surface area contributed by atoms with Gasteiger partial charge < -0.3 is 15.5 Å². The number of amides is 3. The molecule has 3 rings (SSSR count). The summed E-state index contributed by atoms with van der Waals surface area (Å²) in [5, 5.41) is 5.63. The number of rotatable bonds is 8. The third-order valence-corrected chi connectivity index (χ3v) is 6.16. The standard InChI is InChI=1S/C27H38N4O2/c1-6-28-26(33)29-16-18-30-19-24(32)31(17-15-21-9-7-20(2)8-10-21)25(30)22-11-13-23(14-12-22)27(3,4)5/h7-14,25H,6,15-19H2,1-5H3,(H2,28,29,33). The van der Waals surface area contributed by atoms with Crippen LogP contribution in [0.2, 0.25) is 0 Å². The van der Waals surface area contributed by atoms with Crippen LogP contribution < -0.4 is 10.6 Å². The Labute approximate surface area is 198 Å². The van der Waals surface area contributed by atoms with Crippen LogP contribution >= 0.6 is 0 Å². The average molecular weight is 451 g/mol. The van der Waals surface area contributed by atoms with E-state index in [2.05, 4.69) is 91.8 Å². The van der Waals surface area contributed by atoms with E-state index in [-0.39, 0.29) is 23.5 Å². The smallest absolute Gasteiger partial charge is 0.314 e. The fourth-order valence-corrected chi connectivity index (χ4v) is 4.22. The van der Waals surface area contributed by atoms with Crippen LogP contribution in [0.15, 0.2) is 48.5 Å².